The van der Waals surface area contributed by atoms with Gasteiger partial charge in [-0.3, -0.25) is 9.48 Å². The number of anilines is 1. The van der Waals surface area contributed by atoms with E-state index < -0.39 is 0 Å². The zero-order valence-electron chi connectivity index (χ0n) is 10.2. The summed E-state index contributed by atoms with van der Waals surface area (Å²) in [6, 6.07) is 2.10. The van der Waals surface area contributed by atoms with Gasteiger partial charge >= 0.3 is 0 Å². The molecule has 1 aromatic rings. The van der Waals surface area contributed by atoms with Gasteiger partial charge in [-0.25, -0.2) is 0 Å². The van der Waals surface area contributed by atoms with Crippen LogP contribution in [0.2, 0.25) is 0 Å². The third-order valence-electron chi connectivity index (χ3n) is 3.95. The minimum absolute atomic E-state index is 0.0810. The van der Waals surface area contributed by atoms with Gasteiger partial charge in [-0.2, -0.15) is 5.10 Å². The monoisotopic (exact) mass is 250 g/mol. The summed E-state index contributed by atoms with van der Waals surface area (Å²) in [4.78, 5) is 14.2. The molecule has 0 aliphatic carbocycles. The van der Waals surface area contributed by atoms with E-state index in [1.54, 1.807) is 16.9 Å². The molecule has 2 bridgehead atoms. The molecule has 0 spiro atoms. The lowest BCUT2D eigenvalue weighted by atomic mass is 10.00. The van der Waals surface area contributed by atoms with Crippen LogP contribution in [0.3, 0.4) is 0 Å². The van der Waals surface area contributed by atoms with Gasteiger partial charge in [0.05, 0.1) is 6.10 Å². The maximum atomic E-state index is 12.3. The van der Waals surface area contributed by atoms with Crippen LogP contribution >= 0.6 is 0 Å². The second-order valence-corrected chi connectivity index (χ2v) is 5.25. The predicted octanol–water partition coefficient (Wildman–Crippen LogP) is -0.0204. The van der Waals surface area contributed by atoms with Crippen molar-refractivity contribution >= 4 is 11.7 Å². The van der Waals surface area contributed by atoms with Crippen LogP contribution in [0.5, 0.6) is 0 Å². The lowest BCUT2D eigenvalue weighted by Crippen LogP contribution is -2.49. The van der Waals surface area contributed by atoms with Crippen LogP contribution in [-0.4, -0.2) is 43.9 Å². The first-order chi connectivity index (χ1) is 8.63. The summed E-state index contributed by atoms with van der Waals surface area (Å²) >= 11 is 0. The Morgan fingerprint density at radius 2 is 2.11 bits per heavy atom. The molecule has 2 aliphatic heterocycles. The van der Waals surface area contributed by atoms with Crippen molar-refractivity contribution in [1.82, 2.24) is 14.7 Å². The number of carbonyl (C=O) groups excluding carboxylic acids is 1. The van der Waals surface area contributed by atoms with E-state index in [4.69, 9.17) is 5.73 Å². The summed E-state index contributed by atoms with van der Waals surface area (Å²) in [7, 11) is 0. The smallest absolute Gasteiger partial charge is 0.244 e. The van der Waals surface area contributed by atoms with Gasteiger partial charge in [-0.15, -0.1) is 0 Å². The minimum atomic E-state index is -0.244. The van der Waals surface area contributed by atoms with E-state index in [-0.39, 0.29) is 30.6 Å². The van der Waals surface area contributed by atoms with Crippen molar-refractivity contribution in [2.24, 2.45) is 0 Å². The Morgan fingerprint density at radius 1 is 1.44 bits per heavy atom. The third kappa shape index (κ3) is 1.96. The number of nitrogens with zero attached hydrogens (tertiary/aromatic N) is 3. The molecule has 2 saturated heterocycles. The van der Waals surface area contributed by atoms with Gasteiger partial charge in [-0.1, -0.05) is 0 Å². The van der Waals surface area contributed by atoms with Crippen molar-refractivity contribution in [2.75, 3.05) is 5.73 Å². The second-order valence-electron chi connectivity index (χ2n) is 5.25. The van der Waals surface area contributed by atoms with E-state index in [0.717, 1.165) is 12.8 Å². The summed E-state index contributed by atoms with van der Waals surface area (Å²) in [6.07, 6.45) is 4.91. The van der Waals surface area contributed by atoms with E-state index in [9.17, 15) is 9.90 Å². The number of hydrogen-bond acceptors (Lipinski definition) is 4. The number of aliphatic hydroxyl groups is 1. The number of piperidine rings is 1. The molecule has 0 radical (unpaired) electrons. The molecule has 0 saturated carbocycles. The fraction of sp³-hybridized carbons (Fsp3) is 0.667. The van der Waals surface area contributed by atoms with Gasteiger partial charge in [0.1, 0.15) is 12.4 Å². The molecule has 2 fully saturated rings. The first-order valence-electron chi connectivity index (χ1n) is 6.41. The number of hydrogen-bond donors (Lipinski definition) is 2. The summed E-state index contributed by atoms with van der Waals surface area (Å²) < 4.78 is 1.57. The molecule has 2 unspecified atom stereocenters. The van der Waals surface area contributed by atoms with Gasteiger partial charge in [-0.05, 0) is 31.7 Å². The third-order valence-corrected chi connectivity index (χ3v) is 3.95. The molecule has 3 rings (SSSR count). The number of nitrogen functional groups attached to an aromatic ring is 1. The van der Waals surface area contributed by atoms with Gasteiger partial charge in [0, 0.05) is 18.3 Å². The molecule has 6 nitrogen and oxygen atoms in total. The van der Waals surface area contributed by atoms with Crippen LogP contribution in [0.1, 0.15) is 25.7 Å². The Hall–Kier alpha value is -1.56. The van der Waals surface area contributed by atoms with E-state index in [0.29, 0.717) is 18.7 Å². The topological polar surface area (TPSA) is 84.4 Å². The normalized spacial score (nSPS) is 30.7. The standard InChI is InChI=1S/C12H18N4O2/c13-11-3-4-15(14-11)7-12(18)16-8-1-2-9(16)6-10(17)5-8/h3-4,8-10,17H,1-2,5-7H2,(H2,13,14). The zero-order valence-corrected chi connectivity index (χ0v) is 10.2. The van der Waals surface area contributed by atoms with Crippen molar-refractivity contribution in [1.29, 1.82) is 0 Å². The van der Waals surface area contributed by atoms with E-state index in [2.05, 4.69) is 5.10 Å². The maximum Gasteiger partial charge on any atom is 0.244 e. The fourth-order valence-corrected chi connectivity index (χ4v) is 3.24. The number of nitrogens with two attached hydrogens (primary N) is 1. The van der Waals surface area contributed by atoms with Crippen LogP contribution in [0, 0.1) is 0 Å². The lowest BCUT2D eigenvalue weighted by Gasteiger charge is -2.37. The molecule has 0 aromatic carbocycles. The van der Waals surface area contributed by atoms with Gasteiger partial charge in [0.15, 0.2) is 0 Å². The van der Waals surface area contributed by atoms with Crippen LogP contribution in [-0.2, 0) is 11.3 Å². The van der Waals surface area contributed by atoms with E-state index >= 15 is 0 Å². The number of aliphatic hydroxyl groups excluding tert-OH is 1. The van der Waals surface area contributed by atoms with Gasteiger partial charge in [0.2, 0.25) is 5.91 Å². The van der Waals surface area contributed by atoms with Crippen molar-refractivity contribution < 1.29 is 9.90 Å². The van der Waals surface area contributed by atoms with Crippen LogP contribution < -0.4 is 5.73 Å². The van der Waals surface area contributed by atoms with E-state index in [1.165, 1.54) is 0 Å². The van der Waals surface area contributed by atoms with Crippen molar-refractivity contribution in [3.8, 4) is 0 Å². The quantitative estimate of drug-likeness (QED) is 0.772. The SMILES string of the molecule is Nc1ccn(CC(=O)N2C3CCC2CC(O)C3)n1. The first kappa shape index (κ1) is 11.5. The highest BCUT2D eigenvalue weighted by Crippen LogP contribution is 2.35. The average molecular weight is 250 g/mol. The van der Waals surface area contributed by atoms with E-state index in [1.807, 2.05) is 4.90 Å². The summed E-state index contributed by atoms with van der Waals surface area (Å²) in [5, 5.41) is 13.7. The fourth-order valence-electron chi connectivity index (χ4n) is 3.24. The number of aromatic nitrogens is 2. The van der Waals surface area contributed by atoms with Crippen LogP contribution in [0.4, 0.5) is 5.82 Å². The van der Waals surface area contributed by atoms with Crippen molar-refractivity contribution in [3.63, 3.8) is 0 Å². The molecule has 1 amide bonds. The maximum absolute atomic E-state index is 12.3. The second kappa shape index (κ2) is 4.28. The molecule has 6 heteroatoms. The molecule has 2 atom stereocenters. The number of amides is 1. The minimum Gasteiger partial charge on any atom is -0.393 e. The molecule has 2 aliphatic rings. The molecule has 3 heterocycles. The predicted molar refractivity (Wildman–Crippen MR) is 65.5 cm³/mol. The Labute approximate surface area is 105 Å². The number of fused-ring (bicyclic) bond motifs is 2. The Morgan fingerprint density at radius 3 is 2.67 bits per heavy atom. The number of carbonyl (C=O) groups is 1. The average Bonchev–Trinajstić information content (AvgIpc) is 2.81. The molecule has 18 heavy (non-hydrogen) atoms. The van der Waals surface area contributed by atoms with Crippen LogP contribution in [0.25, 0.3) is 0 Å². The Kier molecular flexibility index (Phi) is 2.74. The molecule has 3 N–H and O–H groups in total. The Bertz CT molecular complexity index is 445. The summed E-state index contributed by atoms with van der Waals surface area (Å²) in [6.45, 7) is 0.236. The van der Waals surface area contributed by atoms with Crippen molar-refractivity contribution in [3.05, 3.63) is 12.3 Å². The largest absolute Gasteiger partial charge is 0.393 e. The lowest BCUT2D eigenvalue weighted by molar-refractivity contribution is -0.138. The summed E-state index contributed by atoms with van der Waals surface area (Å²) in [5.41, 5.74) is 5.53. The molecular formula is C12H18N4O2. The van der Waals surface area contributed by atoms with Gasteiger partial charge in [0.25, 0.3) is 0 Å². The first-order valence-corrected chi connectivity index (χ1v) is 6.41. The van der Waals surface area contributed by atoms with Crippen molar-refractivity contribution in [2.45, 2.75) is 50.4 Å². The summed E-state index contributed by atoms with van der Waals surface area (Å²) in [5.74, 6) is 0.511. The zero-order chi connectivity index (χ0) is 12.7. The highest BCUT2D eigenvalue weighted by Gasteiger charge is 2.42. The highest BCUT2D eigenvalue weighted by molar-refractivity contribution is 5.77. The molecule has 98 valence electrons. The van der Waals surface area contributed by atoms with Gasteiger partial charge < -0.3 is 15.7 Å². The molecular weight excluding hydrogens is 232 g/mol. The number of rotatable bonds is 2. The highest BCUT2D eigenvalue weighted by atomic mass is 16.3. The van der Waals surface area contributed by atoms with Crippen LogP contribution in [0.15, 0.2) is 12.3 Å². The Balaban J connectivity index is 1.70. The molecule has 1 aromatic heterocycles.